The Morgan fingerprint density at radius 1 is 1.21 bits per heavy atom. The van der Waals surface area contributed by atoms with Crippen LogP contribution in [-0.2, 0) is 7.05 Å². The summed E-state index contributed by atoms with van der Waals surface area (Å²) in [4.78, 5) is 25.2. The first kappa shape index (κ1) is 15.8. The predicted octanol–water partition coefficient (Wildman–Crippen LogP) is 2.07. The number of nitrogens with zero attached hydrogens (tertiary/aromatic N) is 5. The van der Waals surface area contributed by atoms with E-state index >= 15 is 0 Å². The standard InChI is InChI=1S/C17H18N6O/c1-11-14(10-19-16(21-11)13-4-7-18-8-5-13)12(2)22-17(24)15-6-9-20-23(15)3/h4-10,12H,1-3H3,(H,22,24)/t12-/m0/s1. The van der Waals surface area contributed by atoms with Crippen molar-refractivity contribution in [3.8, 4) is 11.4 Å². The van der Waals surface area contributed by atoms with Crippen LogP contribution in [0.1, 0.15) is 34.7 Å². The van der Waals surface area contributed by atoms with Gasteiger partial charge in [-0.05, 0) is 32.0 Å². The minimum absolute atomic E-state index is 0.180. The SMILES string of the molecule is Cc1nc(-c2ccncc2)ncc1[C@H](C)NC(=O)c1ccnn1C. The summed E-state index contributed by atoms with van der Waals surface area (Å²) in [5.41, 5.74) is 3.12. The molecule has 7 nitrogen and oxygen atoms in total. The summed E-state index contributed by atoms with van der Waals surface area (Å²) in [6.07, 6.45) is 6.76. The average molecular weight is 322 g/mol. The van der Waals surface area contributed by atoms with Gasteiger partial charge in [-0.2, -0.15) is 5.10 Å². The molecule has 0 saturated carbocycles. The first-order valence-corrected chi connectivity index (χ1v) is 7.59. The van der Waals surface area contributed by atoms with Crippen LogP contribution < -0.4 is 5.32 Å². The molecule has 0 aliphatic carbocycles. The summed E-state index contributed by atoms with van der Waals surface area (Å²) in [6.45, 7) is 3.82. The van der Waals surface area contributed by atoms with Crippen molar-refractivity contribution < 1.29 is 4.79 Å². The van der Waals surface area contributed by atoms with E-state index in [-0.39, 0.29) is 11.9 Å². The van der Waals surface area contributed by atoms with E-state index in [0.717, 1.165) is 16.8 Å². The molecule has 3 rings (SSSR count). The van der Waals surface area contributed by atoms with Crippen LogP contribution in [0.3, 0.4) is 0 Å². The Kier molecular flexibility index (Phi) is 4.33. The number of hydrogen-bond acceptors (Lipinski definition) is 5. The van der Waals surface area contributed by atoms with Gasteiger partial charge >= 0.3 is 0 Å². The van der Waals surface area contributed by atoms with Crippen molar-refractivity contribution in [2.24, 2.45) is 7.05 Å². The van der Waals surface area contributed by atoms with Crippen LogP contribution in [0, 0.1) is 6.92 Å². The van der Waals surface area contributed by atoms with Crippen LogP contribution in [0.5, 0.6) is 0 Å². The van der Waals surface area contributed by atoms with E-state index in [1.54, 1.807) is 37.9 Å². The predicted molar refractivity (Wildman–Crippen MR) is 89.1 cm³/mol. The Morgan fingerprint density at radius 3 is 2.58 bits per heavy atom. The fraction of sp³-hybridized carbons (Fsp3) is 0.235. The number of carbonyl (C=O) groups excluding carboxylic acids is 1. The van der Waals surface area contributed by atoms with Crippen molar-refractivity contribution in [1.82, 2.24) is 30.0 Å². The van der Waals surface area contributed by atoms with E-state index in [1.165, 1.54) is 4.68 Å². The minimum atomic E-state index is -0.209. The molecule has 0 fully saturated rings. The third-order valence-corrected chi connectivity index (χ3v) is 3.82. The molecule has 0 bridgehead atoms. The second kappa shape index (κ2) is 6.57. The van der Waals surface area contributed by atoms with Gasteiger partial charge in [0.2, 0.25) is 0 Å². The van der Waals surface area contributed by atoms with Gasteiger partial charge in [0, 0.05) is 48.7 Å². The molecule has 0 aromatic carbocycles. The number of pyridine rings is 1. The number of nitrogens with one attached hydrogen (secondary N) is 1. The highest BCUT2D eigenvalue weighted by Crippen LogP contribution is 2.19. The third-order valence-electron chi connectivity index (χ3n) is 3.82. The van der Waals surface area contributed by atoms with E-state index < -0.39 is 0 Å². The summed E-state index contributed by atoms with van der Waals surface area (Å²) >= 11 is 0. The lowest BCUT2D eigenvalue weighted by molar-refractivity contribution is 0.0930. The van der Waals surface area contributed by atoms with Crippen LogP contribution in [0.25, 0.3) is 11.4 Å². The van der Waals surface area contributed by atoms with Crippen molar-refractivity contribution in [2.45, 2.75) is 19.9 Å². The zero-order chi connectivity index (χ0) is 17.1. The van der Waals surface area contributed by atoms with Crippen molar-refractivity contribution in [3.05, 3.63) is 59.9 Å². The van der Waals surface area contributed by atoms with Crippen LogP contribution in [0.2, 0.25) is 0 Å². The van der Waals surface area contributed by atoms with Crippen LogP contribution >= 0.6 is 0 Å². The molecule has 122 valence electrons. The van der Waals surface area contributed by atoms with Crippen molar-refractivity contribution >= 4 is 5.91 Å². The highest BCUT2D eigenvalue weighted by atomic mass is 16.2. The molecule has 1 amide bonds. The van der Waals surface area contributed by atoms with Gasteiger partial charge in [-0.25, -0.2) is 9.97 Å². The van der Waals surface area contributed by atoms with E-state index in [1.807, 2.05) is 26.0 Å². The van der Waals surface area contributed by atoms with Gasteiger partial charge in [0.25, 0.3) is 5.91 Å². The molecule has 7 heteroatoms. The smallest absolute Gasteiger partial charge is 0.270 e. The monoisotopic (exact) mass is 322 g/mol. The number of rotatable bonds is 4. The largest absolute Gasteiger partial charge is 0.344 e. The highest BCUT2D eigenvalue weighted by molar-refractivity contribution is 5.92. The summed E-state index contributed by atoms with van der Waals surface area (Å²) < 4.78 is 1.54. The van der Waals surface area contributed by atoms with Gasteiger partial charge < -0.3 is 5.32 Å². The maximum absolute atomic E-state index is 12.3. The first-order chi connectivity index (χ1) is 11.6. The molecule has 3 aromatic rings. The summed E-state index contributed by atoms with van der Waals surface area (Å²) in [6, 6.07) is 5.20. The van der Waals surface area contributed by atoms with Crippen LogP contribution in [-0.4, -0.2) is 30.6 Å². The molecule has 1 N–H and O–H groups in total. The molecule has 0 saturated heterocycles. The van der Waals surface area contributed by atoms with E-state index in [4.69, 9.17) is 0 Å². The molecule has 0 aliphatic heterocycles. The molecular weight excluding hydrogens is 304 g/mol. The maximum Gasteiger partial charge on any atom is 0.270 e. The van der Waals surface area contributed by atoms with Crippen molar-refractivity contribution in [3.63, 3.8) is 0 Å². The lowest BCUT2D eigenvalue weighted by atomic mass is 10.1. The zero-order valence-corrected chi connectivity index (χ0v) is 13.8. The van der Waals surface area contributed by atoms with Crippen molar-refractivity contribution in [2.75, 3.05) is 0 Å². The van der Waals surface area contributed by atoms with Gasteiger partial charge in [-0.1, -0.05) is 0 Å². The third kappa shape index (κ3) is 3.15. The van der Waals surface area contributed by atoms with Gasteiger partial charge in [0.05, 0.1) is 6.04 Å². The molecular formula is C17H18N6O. The Morgan fingerprint density at radius 2 is 1.96 bits per heavy atom. The second-order valence-corrected chi connectivity index (χ2v) is 5.51. The summed E-state index contributed by atoms with van der Waals surface area (Å²) in [7, 11) is 1.73. The number of amides is 1. The molecule has 3 aromatic heterocycles. The summed E-state index contributed by atoms with van der Waals surface area (Å²) in [5.74, 6) is 0.462. The Hall–Kier alpha value is -3.09. The molecule has 1 atom stereocenters. The van der Waals surface area contributed by atoms with Gasteiger partial charge in [0.15, 0.2) is 5.82 Å². The van der Waals surface area contributed by atoms with Gasteiger partial charge in [0.1, 0.15) is 5.69 Å². The topological polar surface area (TPSA) is 85.6 Å². The number of aromatic nitrogens is 5. The normalized spacial score (nSPS) is 12.0. The number of carbonyl (C=O) groups is 1. The van der Waals surface area contributed by atoms with E-state index in [2.05, 4.69) is 25.4 Å². The lowest BCUT2D eigenvalue weighted by Gasteiger charge is -2.16. The van der Waals surface area contributed by atoms with E-state index in [0.29, 0.717) is 11.5 Å². The first-order valence-electron chi connectivity index (χ1n) is 7.59. The molecule has 0 aliphatic rings. The fourth-order valence-corrected chi connectivity index (χ4v) is 2.49. The summed E-state index contributed by atoms with van der Waals surface area (Å²) in [5, 5.41) is 6.96. The lowest BCUT2D eigenvalue weighted by Crippen LogP contribution is -2.29. The molecule has 0 radical (unpaired) electrons. The van der Waals surface area contributed by atoms with Crippen LogP contribution in [0.15, 0.2) is 43.0 Å². The zero-order valence-electron chi connectivity index (χ0n) is 13.8. The second-order valence-electron chi connectivity index (χ2n) is 5.51. The molecule has 3 heterocycles. The minimum Gasteiger partial charge on any atom is -0.344 e. The van der Waals surface area contributed by atoms with Gasteiger partial charge in [-0.3, -0.25) is 14.5 Å². The molecule has 0 unspecified atom stereocenters. The van der Waals surface area contributed by atoms with Crippen LogP contribution in [0.4, 0.5) is 0 Å². The van der Waals surface area contributed by atoms with Crippen molar-refractivity contribution in [1.29, 1.82) is 0 Å². The highest BCUT2D eigenvalue weighted by Gasteiger charge is 2.17. The Balaban J connectivity index is 1.79. The molecule has 0 spiro atoms. The Labute approximate surface area is 139 Å². The average Bonchev–Trinajstić information content (AvgIpc) is 3.01. The Bertz CT molecular complexity index is 859. The fourth-order valence-electron chi connectivity index (χ4n) is 2.49. The quantitative estimate of drug-likeness (QED) is 0.795. The van der Waals surface area contributed by atoms with E-state index in [9.17, 15) is 4.79 Å². The van der Waals surface area contributed by atoms with Gasteiger partial charge in [-0.15, -0.1) is 0 Å². The maximum atomic E-state index is 12.3. The molecule has 24 heavy (non-hydrogen) atoms. The number of hydrogen-bond donors (Lipinski definition) is 1. The number of aryl methyl sites for hydroxylation is 2.